The summed E-state index contributed by atoms with van der Waals surface area (Å²) in [4.78, 5) is 8.24. The summed E-state index contributed by atoms with van der Waals surface area (Å²) in [6, 6.07) is 15.3. The van der Waals surface area contributed by atoms with E-state index in [0.717, 1.165) is 49.4 Å². The quantitative estimate of drug-likeness (QED) is 0.396. The van der Waals surface area contributed by atoms with Gasteiger partial charge >= 0.3 is 0 Å². The Bertz CT molecular complexity index is 1020. The van der Waals surface area contributed by atoms with E-state index < -0.39 is 0 Å². The van der Waals surface area contributed by atoms with Gasteiger partial charge in [-0.1, -0.05) is 30.3 Å². The van der Waals surface area contributed by atoms with Crippen LogP contribution in [0.3, 0.4) is 0 Å². The van der Waals surface area contributed by atoms with Crippen molar-refractivity contribution < 1.29 is 9.13 Å². The lowest BCUT2D eigenvalue weighted by molar-refractivity contribution is 0.0530. The fourth-order valence-corrected chi connectivity index (χ4v) is 4.34. The summed E-state index contributed by atoms with van der Waals surface area (Å²) in [6.07, 6.45) is 4.66. The fourth-order valence-electron chi connectivity index (χ4n) is 4.34. The van der Waals surface area contributed by atoms with Crippen LogP contribution in [0.15, 0.2) is 59.7 Å². The number of H-pyrrole nitrogens is 1. The number of hydrogen-bond acceptors (Lipinski definition) is 2. The Morgan fingerprint density at radius 1 is 1.13 bits per heavy atom. The van der Waals surface area contributed by atoms with Gasteiger partial charge in [0.15, 0.2) is 5.96 Å². The smallest absolute Gasteiger partial charge is 0.191 e. The van der Waals surface area contributed by atoms with Crippen LogP contribution in [0.25, 0.3) is 10.9 Å². The normalized spacial score (nSPS) is 16.4. The van der Waals surface area contributed by atoms with E-state index >= 15 is 0 Å². The third-order valence-electron chi connectivity index (χ3n) is 6.13. The van der Waals surface area contributed by atoms with Crippen molar-refractivity contribution in [2.24, 2.45) is 4.99 Å². The van der Waals surface area contributed by atoms with Gasteiger partial charge in [0.25, 0.3) is 0 Å². The summed E-state index contributed by atoms with van der Waals surface area (Å²) >= 11 is 0. The van der Waals surface area contributed by atoms with Crippen molar-refractivity contribution in [3.8, 4) is 0 Å². The highest BCUT2D eigenvalue weighted by atomic mass is 19.1. The van der Waals surface area contributed by atoms with Crippen LogP contribution in [0, 0.1) is 5.82 Å². The first kappa shape index (κ1) is 21.4. The van der Waals surface area contributed by atoms with Crippen LogP contribution < -0.4 is 10.6 Å². The number of nitrogens with one attached hydrogen (secondary N) is 3. The van der Waals surface area contributed by atoms with Crippen LogP contribution in [-0.4, -0.2) is 43.8 Å². The summed E-state index contributed by atoms with van der Waals surface area (Å²) in [5, 5.41) is 8.07. The first-order valence-corrected chi connectivity index (χ1v) is 11.1. The van der Waals surface area contributed by atoms with Gasteiger partial charge in [-0.2, -0.15) is 0 Å². The fraction of sp³-hybridized carbons (Fsp3) is 0.400. The molecule has 1 aromatic heterocycles. The Morgan fingerprint density at radius 3 is 2.77 bits per heavy atom. The molecule has 31 heavy (non-hydrogen) atoms. The average molecular weight is 423 g/mol. The standard InChI is InChI=1S/C25H31FN4O/c1-2-27-24(28-13-10-19-17-29-23-9-4-3-8-22(19)23)30-18-25(11-14-31-15-12-25)20-6-5-7-21(26)16-20/h3-9,16-17,29H,2,10-15,18H2,1H3,(H2,27,28,30). The number of fused-ring (bicyclic) bond motifs is 1. The third kappa shape index (κ3) is 5.07. The van der Waals surface area contributed by atoms with E-state index in [1.807, 2.05) is 12.1 Å². The van der Waals surface area contributed by atoms with Crippen molar-refractivity contribution in [3.63, 3.8) is 0 Å². The number of hydrogen-bond donors (Lipinski definition) is 3. The maximum absolute atomic E-state index is 13.9. The summed E-state index contributed by atoms with van der Waals surface area (Å²) in [7, 11) is 0. The van der Waals surface area contributed by atoms with Gasteiger partial charge in [-0.3, -0.25) is 4.99 Å². The summed E-state index contributed by atoms with van der Waals surface area (Å²) in [6.45, 7) is 5.59. The average Bonchev–Trinajstić information content (AvgIpc) is 3.21. The molecule has 5 nitrogen and oxygen atoms in total. The number of ether oxygens (including phenoxy) is 1. The zero-order chi connectivity index (χ0) is 21.5. The number of guanidine groups is 1. The van der Waals surface area contributed by atoms with Crippen molar-refractivity contribution in [3.05, 3.63) is 71.7 Å². The molecule has 6 heteroatoms. The highest BCUT2D eigenvalue weighted by molar-refractivity contribution is 5.83. The number of aliphatic imine (C=N–C) groups is 1. The molecule has 1 aliphatic heterocycles. The van der Waals surface area contributed by atoms with Crippen LogP contribution in [0.4, 0.5) is 4.39 Å². The van der Waals surface area contributed by atoms with E-state index in [0.29, 0.717) is 19.8 Å². The zero-order valence-electron chi connectivity index (χ0n) is 18.1. The lowest BCUT2D eigenvalue weighted by atomic mass is 9.74. The van der Waals surface area contributed by atoms with Crippen LogP contribution in [-0.2, 0) is 16.6 Å². The summed E-state index contributed by atoms with van der Waals surface area (Å²) < 4.78 is 19.5. The minimum absolute atomic E-state index is 0.195. The molecule has 3 aromatic rings. The Balaban J connectivity index is 1.45. The van der Waals surface area contributed by atoms with Crippen molar-refractivity contribution in [1.82, 2.24) is 15.6 Å². The van der Waals surface area contributed by atoms with Gasteiger partial charge in [0.1, 0.15) is 5.82 Å². The highest BCUT2D eigenvalue weighted by Crippen LogP contribution is 2.35. The van der Waals surface area contributed by atoms with Crippen LogP contribution >= 0.6 is 0 Å². The van der Waals surface area contributed by atoms with E-state index in [9.17, 15) is 4.39 Å². The van der Waals surface area contributed by atoms with E-state index in [4.69, 9.17) is 9.73 Å². The van der Waals surface area contributed by atoms with Crippen LogP contribution in [0.5, 0.6) is 0 Å². The molecule has 0 radical (unpaired) electrons. The van der Waals surface area contributed by atoms with E-state index in [-0.39, 0.29) is 11.2 Å². The van der Waals surface area contributed by atoms with Crippen molar-refractivity contribution in [2.45, 2.75) is 31.6 Å². The summed E-state index contributed by atoms with van der Waals surface area (Å²) in [5.41, 5.74) is 3.27. The van der Waals surface area contributed by atoms with Gasteiger partial charge < -0.3 is 20.4 Å². The number of halogens is 1. The van der Waals surface area contributed by atoms with E-state index in [2.05, 4.69) is 46.9 Å². The second-order valence-electron chi connectivity index (χ2n) is 8.13. The maximum atomic E-state index is 13.9. The SMILES string of the molecule is CCNC(=NCC1(c2cccc(F)c2)CCOCC1)NCCc1c[nH]c2ccccc12. The molecule has 1 saturated heterocycles. The number of benzene rings is 2. The van der Waals surface area contributed by atoms with Crippen molar-refractivity contribution >= 4 is 16.9 Å². The molecule has 0 saturated carbocycles. The van der Waals surface area contributed by atoms with Crippen molar-refractivity contribution in [2.75, 3.05) is 32.8 Å². The molecule has 1 fully saturated rings. The lowest BCUT2D eigenvalue weighted by Gasteiger charge is -2.36. The predicted octanol–water partition coefficient (Wildman–Crippen LogP) is 4.15. The van der Waals surface area contributed by atoms with Gasteiger partial charge in [0, 0.05) is 48.8 Å². The first-order valence-electron chi connectivity index (χ1n) is 11.1. The minimum atomic E-state index is -0.198. The van der Waals surface area contributed by atoms with E-state index in [1.54, 1.807) is 12.1 Å². The predicted molar refractivity (Wildman–Crippen MR) is 124 cm³/mol. The Hall–Kier alpha value is -2.86. The molecule has 0 atom stereocenters. The van der Waals surface area contributed by atoms with Crippen molar-refractivity contribution in [1.29, 1.82) is 0 Å². The Kier molecular flexibility index (Phi) is 6.87. The molecule has 0 spiro atoms. The molecule has 1 aliphatic rings. The first-order chi connectivity index (χ1) is 15.2. The van der Waals surface area contributed by atoms with Gasteiger partial charge in [0.2, 0.25) is 0 Å². The lowest BCUT2D eigenvalue weighted by Crippen LogP contribution is -2.41. The molecule has 0 unspecified atom stereocenters. The molecule has 2 aromatic carbocycles. The Labute approximate surface area is 183 Å². The third-order valence-corrected chi connectivity index (χ3v) is 6.13. The van der Waals surface area contributed by atoms with Gasteiger partial charge in [0.05, 0.1) is 6.54 Å². The number of nitrogens with zero attached hydrogens (tertiary/aromatic N) is 1. The zero-order valence-corrected chi connectivity index (χ0v) is 18.1. The number of para-hydroxylation sites is 1. The molecule has 3 N–H and O–H groups in total. The monoisotopic (exact) mass is 422 g/mol. The maximum Gasteiger partial charge on any atom is 0.191 e. The van der Waals surface area contributed by atoms with Crippen LogP contribution in [0.2, 0.25) is 0 Å². The highest BCUT2D eigenvalue weighted by Gasteiger charge is 2.34. The number of rotatable bonds is 7. The molecule has 0 bridgehead atoms. The molecule has 164 valence electrons. The van der Waals surface area contributed by atoms with E-state index in [1.165, 1.54) is 17.0 Å². The number of aromatic nitrogens is 1. The van der Waals surface area contributed by atoms with Gasteiger partial charge in [-0.15, -0.1) is 0 Å². The Morgan fingerprint density at radius 2 is 1.97 bits per heavy atom. The molecular formula is C25H31FN4O. The molecule has 0 amide bonds. The molecular weight excluding hydrogens is 391 g/mol. The second kappa shape index (κ2) is 9.96. The largest absolute Gasteiger partial charge is 0.381 e. The summed E-state index contributed by atoms with van der Waals surface area (Å²) in [5.74, 6) is 0.598. The van der Waals surface area contributed by atoms with Gasteiger partial charge in [-0.25, -0.2) is 4.39 Å². The molecule has 0 aliphatic carbocycles. The number of aromatic amines is 1. The minimum Gasteiger partial charge on any atom is -0.381 e. The molecule has 4 rings (SSSR count). The van der Waals surface area contributed by atoms with Crippen LogP contribution in [0.1, 0.15) is 30.9 Å². The van der Waals surface area contributed by atoms with Gasteiger partial charge in [-0.05, 0) is 55.5 Å². The molecule has 2 heterocycles. The second-order valence-corrected chi connectivity index (χ2v) is 8.13. The topological polar surface area (TPSA) is 61.4 Å².